The Morgan fingerprint density at radius 3 is 2.70 bits per heavy atom. The fourth-order valence-corrected chi connectivity index (χ4v) is 4.57. The van der Waals surface area contributed by atoms with E-state index in [9.17, 15) is 9.59 Å². The van der Waals surface area contributed by atoms with Crippen LogP contribution in [0, 0.1) is 11.8 Å². The number of ether oxygens (including phenoxy) is 2. The maximum atomic E-state index is 12.7. The van der Waals surface area contributed by atoms with E-state index in [1.807, 2.05) is 0 Å². The number of carbonyl (C=O) groups excluding carboxylic acids is 1. The molecular weight excluding hydrogens is 378 g/mol. The highest BCUT2D eigenvalue weighted by Gasteiger charge is 2.33. The van der Waals surface area contributed by atoms with Crippen molar-refractivity contribution in [2.75, 3.05) is 13.2 Å². The number of aromatic nitrogens is 1. The molecule has 0 bridgehead atoms. The number of ketones is 1. The van der Waals surface area contributed by atoms with Crippen LogP contribution in [0.1, 0.15) is 68.6 Å². The monoisotopic (exact) mass is 409 g/mol. The van der Waals surface area contributed by atoms with E-state index >= 15 is 0 Å². The molecule has 0 unspecified atom stereocenters. The van der Waals surface area contributed by atoms with Crippen molar-refractivity contribution < 1.29 is 14.3 Å². The molecule has 4 rings (SSSR count). The average Bonchev–Trinajstić information content (AvgIpc) is 3.15. The molecule has 0 saturated heterocycles. The molecule has 0 fully saturated rings. The SMILES string of the molecule is CC(=O)c1cn2c(cc1=O)-c1c(cc(OCCC(C)C)c3c1CCO3)C[C@H]2C(C)C. The maximum Gasteiger partial charge on any atom is 0.192 e. The summed E-state index contributed by atoms with van der Waals surface area (Å²) in [6.45, 7) is 11.5. The van der Waals surface area contributed by atoms with Crippen molar-refractivity contribution in [2.45, 2.75) is 59.9 Å². The number of Topliss-reactive ketones (excluding diaryl/α,β-unsaturated/α-hetero) is 1. The second-order valence-corrected chi connectivity index (χ2v) is 9.26. The van der Waals surface area contributed by atoms with Crippen LogP contribution in [0.4, 0.5) is 0 Å². The number of hydrogen-bond acceptors (Lipinski definition) is 4. The van der Waals surface area contributed by atoms with Crippen molar-refractivity contribution in [3.63, 3.8) is 0 Å². The third-order valence-electron chi connectivity index (χ3n) is 6.25. The first-order valence-corrected chi connectivity index (χ1v) is 11.0. The standard InChI is InChI=1S/C25H31NO4/c1-14(2)6-8-29-23-11-17-10-20(15(3)4)26-13-19(16(5)27)22(28)12-21(26)24(17)18-7-9-30-25(18)23/h11-15,20H,6-10H2,1-5H3/t20-/m0/s1. The van der Waals surface area contributed by atoms with E-state index in [2.05, 4.69) is 38.3 Å². The van der Waals surface area contributed by atoms with E-state index in [-0.39, 0.29) is 22.8 Å². The Kier molecular flexibility index (Phi) is 5.48. The molecule has 5 heteroatoms. The summed E-state index contributed by atoms with van der Waals surface area (Å²) in [6.07, 6.45) is 4.40. The van der Waals surface area contributed by atoms with Crippen LogP contribution in [0.25, 0.3) is 11.3 Å². The van der Waals surface area contributed by atoms with Crippen molar-refractivity contribution in [1.29, 1.82) is 0 Å². The quantitative estimate of drug-likeness (QED) is 0.641. The highest BCUT2D eigenvalue weighted by Crippen LogP contribution is 2.48. The predicted octanol–water partition coefficient (Wildman–Crippen LogP) is 4.83. The van der Waals surface area contributed by atoms with Crippen molar-refractivity contribution in [3.05, 3.63) is 45.2 Å². The molecule has 0 spiro atoms. The first kappa shape index (κ1) is 20.7. The molecule has 1 atom stereocenters. The number of benzene rings is 1. The van der Waals surface area contributed by atoms with E-state index in [1.165, 1.54) is 12.5 Å². The van der Waals surface area contributed by atoms with Gasteiger partial charge in [-0.05, 0) is 43.2 Å². The Hall–Kier alpha value is -2.56. The van der Waals surface area contributed by atoms with Crippen LogP contribution in [-0.2, 0) is 12.8 Å². The van der Waals surface area contributed by atoms with Gasteiger partial charge in [0.2, 0.25) is 0 Å². The number of carbonyl (C=O) groups is 1. The number of hydrogen-bond donors (Lipinski definition) is 0. The van der Waals surface area contributed by atoms with Crippen molar-refractivity contribution in [1.82, 2.24) is 4.57 Å². The van der Waals surface area contributed by atoms with Crippen molar-refractivity contribution in [2.24, 2.45) is 11.8 Å². The third-order valence-corrected chi connectivity index (χ3v) is 6.25. The summed E-state index contributed by atoms with van der Waals surface area (Å²) < 4.78 is 14.3. The maximum absolute atomic E-state index is 12.7. The number of nitrogens with zero attached hydrogens (tertiary/aromatic N) is 1. The second kappa shape index (κ2) is 7.93. The zero-order chi connectivity index (χ0) is 21.6. The van der Waals surface area contributed by atoms with E-state index < -0.39 is 0 Å². The summed E-state index contributed by atoms with van der Waals surface area (Å²) >= 11 is 0. The fourth-order valence-electron chi connectivity index (χ4n) is 4.57. The minimum Gasteiger partial charge on any atom is -0.490 e. The molecule has 2 aliphatic rings. The highest BCUT2D eigenvalue weighted by molar-refractivity contribution is 5.94. The third kappa shape index (κ3) is 3.55. The zero-order valence-electron chi connectivity index (χ0n) is 18.6. The Bertz CT molecular complexity index is 1050. The molecule has 2 aromatic rings. The van der Waals surface area contributed by atoms with Crippen LogP contribution in [-0.4, -0.2) is 23.6 Å². The molecule has 3 heterocycles. The molecule has 160 valence electrons. The van der Waals surface area contributed by atoms with Gasteiger partial charge in [0.25, 0.3) is 0 Å². The molecule has 0 aliphatic carbocycles. The summed E-state index contributed by atoms with van der Waals surface area (Å²) in [5.41, 5.74) is 4.34. The van der Waals surface area contributed by atoms with Gasteiger partial charge in [-0.15, -0.1) is 0 Å². The molecule has 30 heavy (non-hydrogen) atoms. The zero-order valence-corrected chi connectivity index (χ0v) is 18.6. The molecule has 5 nitrogen and oxygen atoms in total. The van der Waals surface area contributed by atoms with E-state index in [0.717, 1.165) is 47.6 Å². The number of rotatable bonds is 6. The van der Waals surface area contributed by atoms with Crippen LogP contribution < -0.4 is 14.9 Å². The van der Waals surface area contributed by atoms with Gasteiger partial charge in [-0.25, -0.2) is 0 Å². The normalized spacial score (nSPS) is 16.8. The van der Waals surface area contributed by atoms with Gasteiger partial charge in [-0.1, -0.05) is 27.7 Å². The highest BCUT2D eigenvalue weighted by atomic mass is 16.5. The molecule has 1 aromatic heterocycles. The Balaban J connectivity index is 1.88. The van der Waals surface area contributed by atoms with Gasteiger partial charge in [0, 0.05) is 35.9 Å². The van der Waals surface area contributed by atoms with Crippen molar-refractivity contribution >= 4 is 5.78 Å². The Labute approximate surface area is 178 Å². The van der Waals surface area contributed by atoms with Crippen molar-refractivity contribution in [3.8, 4) is 22.8 Å². The summed E-state index contributed by atoms with van der Waals surface area (Å²) in [4.78, 5) is 24.7. The first-order chi connectivity index (χ1) is 14.3. The summed E-state index contributed by atoms with van der Waals surface area (Å²) in [6, 6.07) is 3.93. The van der Waals surface area contributed by atoms with Crippen LogP contribution >= 0.6 is 0 Å². The molecule has 0 saturated carbocycles. The van der Waals surface area contributed by atoms with Gasteiger partial charge in [0.15, 0.2) is 22.7 Å². The van der Waals surface area contributed by atoms with Gasteiger partial charge in [0.05, 0.1) is 24.5 Å². The molecule has 1 aromatic carbocycles. The predicted molar refractivity (Wildman–Crippen MR) is 118 cm³/mol. The lowest BCUT2D eigenvalue weighted by Crippen LogP contribution is -2.28. The number of pyridine rings is 1. The molecule has 0 amide bonds. The summed E-state index contributed by atoms with van der Waals surface area (Å²) in [5, 5.41) is 0. The van der Waals surface area contributed by atoms with Gasteiger partial charge in [0.1, 0.15) is 0 Å². The fraction of sp³-hybridized carbons (Fsp3) is 0.520. The lowest BCUT2D eigenvalue weighted by Gasteiger charge is -2.34. The van der Waals surface area contributed by atoms with E-state index in [4.69, 9.17) is 9.47 Å². The minimum absolute atomic E-state index is 0.176. The Morgan fingerprint density at radius 2 is 2.03 bits per heavy atom. The van der Waals surface area contributed by atoms with E-state index in [1.54, 1.807) is 12.3 Å². The minimum atomic E-state index is -0.214. The molecule has 0 radical (unpaired) electrons. The van der Waals surface area contributed by atoms with Gasteiger partial charge >= 0.3 is 0 Å². The van der Waals surface area contributed by atoms with Gasteiger partial charge in [-0.3, -0.25) is 9.59 Å². The summed E-state index contributed by atoms with van der Waals surface area (Å²) in [5.74, 6) is 2.38. The molecule has 2 aliphatic heterocycles. The Morgan fingerprint density at radius 1 is 1.27 bits per heavy atom. The number of fused-ring (bicyclic) bond motifs is 5. The van der Waals surface area contributed by atoms with Crippen LogP contribution in [0.3, 0.4) is 0 Å². The molecular formula is C25H31NO4. The smallest absolute Gasteiger partial charge is 0.192 e. The summed E-state index contributed by atoms with van der Waals surface area (Å²) in [7, 11) is 0. The molecule has 0 N–H and O–H groups in total. The van der Waals surface area contributed by atoms with E-state index in [0.29, 0.717) is 25.0 Å². The van der Waals surface area contributed by atoms with Crippen LogP contribution in [0.15, 0.2) is 23.1 Å². The average molecular weight is 410 g/mol. The van der Waals surface area contributed by atoms with Gasteiger partial charge < -0.3 is 14.0 Å². The van der Waals surface area contributed by atoms with Crippen LogP contribution in [0.5, 0.6) is 11.5 Å². The van der Waals surface area contributed by atoms with Gasteiger partial charge in [-0.2, -0.15) is 0 Å². The largest absolute Gasteiger partial charge is 0.490 e. The lowest BCUT2D eigenvalue weighted by molar-refractivity contribution is 0.101. The van der Waals surface area contributed by atoms with Crippen LogP contribution in [0.2, 0.25) is 0 Å². The topological polar surface area (TPSA) is 57.5 Å². The first-order valence-electron chi connectivity index (χ1n) is 11.0. The lowest BCUT2D eigenvalue weighted by atomic mass is 9.84. The second-order valence-electron chi connectivity index (χ2n) is 9.26.